The molecule has 0 spiro atoms. The van der Waals surface area contributed by atoms with Crippen LogP contribution in [0.5, 0.6) is 0 Å². The first kappa shape index (κ1) is 26.2. The Morgan fingerprint density at radius 3 is 1.69 bits per heavy atom. The SMILES string of the molecule is CC(C)OP(=O)(Cn1ccc(-c2cc(C(F)(F)F)cc(C(F)(F)F)c2)cc1=O)OC(C)C. The van der Waals surface area contributed by atoms with E-state index in [1.165, 1.54) is 0 Å². The summed E-state index contributed by atoms with van der Waals surface area (Å²) in [6, 6.07) is 3.09. The maximum atomic E-state index is 13.1. The van der Waals surface area contributed by atoms with E-state index in [2.05, 4.69) is 0 Å². The minimum atomic E-state index is -5.01. The highest BCUT2D eigenvalue weighted by Crippen LogP contribution is 2.51. The summed E-state index contributed by atoms with van der Waals surface area (Å²) < 4.78 is 103. The van der Waals surface area contributed by atoms with Crippen molar-refractivity contribution in [1.82, 2.24) is 4.57 Å². The molecule has 0 aliphatic carbocycles. The predicted molar refractivity (Wildman–Crippen MR) is 106 cm³/mol. The van der Waals surface area contributed by atoms with E-state index < -0.39 is 60.7 Å². The van der Waals surface area contributed by atoms with Crippen molar-refractivity contribution >= 4 is 7.60 Å². The third-order valence-electron chi connectivity index (χ3n) is 3.99. The molecule has 12 heteroatoms. The van der Waals surface area contributed by atoms with Crippen LogP contribution in [0.2, 0.25) is 0 Å². The first-order valence-corrected chi connectivity index (χ1v) is 11.2. The molecule has 0 bridgehead atoms. The normalized spacial score (nSPS) is 13.2. The molecule has 1 heterocycles. The molecule has 0 aliphatic heterocycles. The summed E-state index contributed by atoms with van der Waals surface area (Å²) in [5.41, 5.74) is -4.38. The number of halogens is 6. The lowest BCUT2D eigenvalue weighted by Crippen LogP contribution is -2.21. The topological polar surface area (TPSA) is 57.5 Å². The van der Waals surface area contributed by atoms with Gasteiger partial charge in [-0.2, -0.15) is 26.3 Å². The van der Waals surface area contributed by atoms with Crippen LogP contribution in [0.4, 0.5) is 26.3 Å². The summed E-state index contributed by atoms with van der Waals surface area (Å²) in [5.74, 6) is 0. The van der Waals surface area contributed by atoms with Crippen LogP contribution in [0.1, 0.15) is 38.8 Å². The van der Waals surface area contributed by atoms with Gasteiger partial charge in [-0.25, -0.2) is 0 Å². The molecule has 0 radical (unpaired) electrons. The first-order chi connectivity index (χ1) is 14.5. The Balaban J connectivity index is 2.50. The van der Waals surface area contributed by atoms with E-state index in [0.29, 0.717) is 12.1 Å². The molecule has 0 saturated heterocycles. The van der Waals surface area contributed by atoms with Gasteiger partial charge in [0.1, 0.15) is 6.29 Å². The molecule has 2 aromatic rings. The number of nitrogens with zero attached hydrogens (tertiary/aromatic N) is 1. The molecule has 0 fully saturated rings. The lowest BCUT2D eigenvalue weighted by molar-refractivity contribution is -0.143. The van der Waals surface area contributed by atoms with Gasteiger partial charge in [0.25, 0.3) is 5.56 Å². The van der Waals surface area contributed by atoms with Gasteiger partial charge in [0.05, 0.1) is 23.3 Å². The molecule has 178 valence electrons. The Kier molecular flexibility index (Phi) is 7.69. The van der Waals surface area contributed by atoms with E-state index in [1.54, 1.807) is 27.7 Å². The lowest BCUT2D eigenvalue weighted by Gasteiger charge is -2.23. The Morgan fingerprint density at radius 2 is 1.31 bits per heavy atom. The molecule has 2 rings (SSSR count). The number of aromatic nitrogens is 1. The third-order valence-corrected chi connectivity index (χ3v) is 6.12. The summed E-state index contributed by atoms with van der Waals surface area (Å²) in [7, 11) is -3.76. The fourth-order valence-electron chi connectivity index (χ4n) is 2.85. The molecule has 0 amide bonds. The Labute approximate surface area is 180 Å². The zero-order valence-electron chi connectivity index (χ0n) is 17.6. The van der Waals surface area contributed by atoms with Gasteiger partial charge >= 0.3 is 19.9 Å². The van der Waals surface area contributed by atoms with E-state index in [-0.39, 0.29) is 11.6 Å². The van der Waals surface area contributed by atoms with Crippen LogP contribution in [0.3, 0.4) is 0 Å². The van der Waals surface area contributed by atoms with Gasteiger partial charge in [-0.3, -0.25) is 9.36 Å². The maximum absolute atomic E-state index is 13.1. The lowest BCUT2D eigenvalue weighted by atomic mass is 10.00. The van der Waals surface area contributed by atoms with Crippen LogP contribution in [-0.4, -0.2) is 16.8 Å². The quantitative estimate of drug-likeness (QED) is 0.330. The van der Waals surface area contributed by atoms with Gasteiger partial charge in [0.2, 0.25) is 0 Å². The molecule has 0 unspecified atom stereocenters. The fraction of sp³-hybridized carbons (Fsp3) is 0.450. The zero-order valence-corrected chi connectivity index (χ0v) is 18.5. The number of rotatable bonds is 7. The molecule has 0 atom stereocenters. The third kappa shape index (κ3) is 6.95. The molecular formula is C20H22F6NO4P. The standard InChI is InChI=1S/C20H22F6NO4P/c1-12(2)30-32(29,31-13(3)4)11-27-6-5-14(9-18(27)28)15-7-16(19(21,22)23)10-17(8-15)20(24,25)26/h5-10,12-13H,11H2,1-4H3. The smallest absolute Gasteiger partial charge is 0.305 e. The minimum absolute atomic E-state index is 0.00744. The van der Waals surface area contributed by atoms with Gasteiger partial charge in [0, 0.05) is 12.3 Å². The van der Waals surface area contributed by atoms with Crippen molar-refractivity contribution < 1.29 is 40.0 Å². The molecule has 5 nitrogen and oxygen atoms in total. The van der Waals surface area contributed by atoms with Crippen molar-refractivity contribution in [3.8, 4) is 11.1 Å². The van der Waals surface area contributed by atoms with Crippen LogP contribution < -0.4 is 5.56 Å². The maximum Gasteiger partial charge on any atom is 0.416 e. The van der Waals surface area contributed by atoms with E-state index in [4.69, 9.17) is 9.05 Å². The highest BCUT2D eigenvalue weighted by molar-refractivity contribution is 7.52. The molecule has 0 aliphatic rings. The molecule has 0 saturated carbocycles. The molecule has 1 aromatic heterocycles. The molecule has 0 N–H and O–H groups in total. The van der Waals surface area contributed by atoms with Crippen molar-refractivity contribution in [3.63, 3.8) is 0 Å². The van der Waals surface area contributed by atoms with Gasteiger partial charge in [0.15, 0.2) is 0 Å². The summed E-state index contributed by atoms with van der Waals surface area (Å²) in [5, 5.41) is 0. The second-order valence-electron chi connectivity index (χ2n) is 7.58. The van der Waals surface area contributed by atoms with Crippen LogP contribution in [-0.2, 0) is 32.3 Å². The summed E-state index contributed by atoms with van der Waals surface area (Å²) in [6.07, 6.45) is -10.4. The predicted octanol–water partition coefficient (Wildman–Crippen LogP) is 6.55. The second-order valence-corrected chi connectivity index (χ2v) is 9.50. The van der Waals surface area contributed by atoms with Gasteiger partial charge in [-0.05, 0) is 63.1 Å². The van der Waals surface area contributed by atoms with Crippen molar-refractivity contribution in [2.75, 3.05) is 0 Å². The highest BCUT2D eigenvalue weighted by Gasteiger charge is 2.37. The van der Waals surface area contributed by atoms with Crippen molar-refractivity contribution in [2.24, 2.45) is 0 Å². The zero-order chi connectivity index (χ0) is 24.5. The first-order valence-electron chi connectivity index (χ1n) is 9.46. The van der Waals surface area contributed by atoms with Gasteiger partial charge < -0.3 is 13.6 Å². The number of benzene rings is 1. The Morgan fingerprint density at radius 1 is 0.844 bits per heavy atom. The average Bonchev–Trinajstić information content (AvgIpc) is 2.60. The summed E-state index contributed by atoms with van der Waals surface area (Å²) >= 11 is 0. The average molecular weight is 485 g/mol. The van der Waals surface area contributed by atoms with Crippen molar-refractivity contribution in [3.05, 3.63) is 58.0 Å². The van der Waals surface area contributed by atoms with Crippen LogP contribution >= 0.6 is 7.60 Å². The van der Waals surface area contributed by atoms with E-state index in [1.807, 2.05) is 0 Å². The minimum Gasteiger partial charge on any atom is -0.305 e. The summed E-state index contributed by atoms with van der Waals surface area (Å²) in [6.45, 7) is 6.48. The van der Waals surface area contributed by atoms with Crippen LogP contribution in [0, 0.1) is 0 Å². The van der Waals surface area contributed by atoms with Crippen LogP contribution in [0.25, 0.3) is 11.1 Å². The van der Waals surface area contributed by atoms with Gasteiger partial charge in [-0.15, -0.1) is 0 Å². The Bertz CT molecular complexity index is 1010. The fourth-order valence-corrected chi connectivity index (χ4v) is 4.92. The number of alkyl halides is 6. The van der Waals surface area contributed by atoms with E-state index in [9.17, 15) is 35.7 Å². The van der Waals surface area contributed by atoms with Gasteiger partial charge in [-0.1, -0.05) is 0 Å². The molecule has 32 heavy (non-hydrogen) atoms. The number of hydrogen-bond donors (Lipinski definition) is 0. The molecular weight excluding hydrogens is 463 g/mol. The van der Waals surface area contributed by atoms with Crippen molar-refractivity contribution in [2.45, 2.75) is 58.5 Å². The monoisotopic (exact) mass is 485 g/mol. The van der Waals surface area contributed by atoms with E-state index >= 15 is 0 Å². The highest BCUT2D eigenvalue weighted by atomic mass is 31.2. The number of hydrogen-bond acceptors (Lipinski definition) is 4. The largest absolute Gasteiger partial charge is 0.416 e. The Hall–Kier alpha value is -2.10. The van der Waals surface area contributed by atoms with Crippen LogP contribution in [0.15, 0.2) is 41.3 Å². The summed E-state index contributed by atoms with van der Waals surface area (Å²) in [4.78, 5) is 12.5. The van der Waals surface area contributed by atoms with E-state index in [0.717, 1.165) is 22.9 Å². The second kappa shape index (κ2) is 9.41. The number of pyridine rings is 1. The molecule has 1 aromatic carbocycles. The van der Waals surface area contributed by atoms with Crippen molar-refractivity contribution in [1.29, 1.82) is 0 Å².